The number of hydrogen-bond donors (Lipinski definition) is 1. The van der Waals surface area contributed by atoms with E-state index in [0.29, 0.717) is 12.4 Å². The predicted octanol–water partition coefficient (Wildman–Crippen LogP) is 4.02. The standard InChI is InChI=1S/C19H19FN4OS/c1-2-24-11-10-21-17(19(24)25)22-14-4-3-5-15-16(14)23-18(26-15)12-6-8-13(20)9-7-12/h6-11,14H,2-5H2,1H3,(H,21,22). The van der Waals surface area contributed by atoms with Crippen molar-refractivity contribution in [3.8, 4) is 10.6 Å². The first-order valence-electron chi connectivity index (χ1n) is 8.73. The van der Waals surface area contributed by atoms with Gasteiger partial charge in [-0.05, 0) is 50.5 Å². The molecule has 7 heteroatoms. The van der Waals surface area contributed by atoms with Gasteiger partial charge in [-0.2, -0.15) is 0 Å². The summed E-state index contributed by atoms with van der Waals surface area (Å²) >= 11 is 1.64. The molecule has 1 N–H and O–H groups in total. The van der Waals surface area contributed by atoms with Crippen LogP contribution in [-0.4, -0.2) is 14.5 Å². The van der Waals surface area contributed by atoms with Crippen molar-refractivity contribution >= 4 is 17.2 Å². The Kier molecular flexibility index (Phi) is 4.55. The zero-order chi connectivity index (χ0) is 18.1. The normalized spacial score (nSPS) is 16.3. The highest BCUT2D eigenvalue weighted by Gasteiger charge is 2.26. The Labute approximate surface area is 154 Å². The average Bonchev–Trinajstić information content (AvgIpc) is 3.09. The van der Waals surface area contributed by atoms with Gasteiger partial charge in [-0.15, -0.1) is 11.3 Å². The predicted molar refractivity (Wildman–Crippen MR) is 101 cm³/mol. The van der Waals surface area contributed by atoms with E-state index in [1.165, 1.54) is 17.0 Å². The third-order valence-electron chi connectivity index (χ3n) is 4.61. The van der Waals surface area contributed by atoms with E-state index in [-0.39, 0.29) is 17.4 Å². The van der Waals surface area contributed by atoms with Crippen molar-refractivity contribution in [3.63, 3.8) is 0 Å². The van der Waals surface area contributed by atoms with E-state index in [2.05, 4.69) is 10.3 Å². The van der Waals surface area contributed by atoms with Crippen LogP contribution in [0.1, 0.15) is 36.4 Å². The molecule has 0 bridgehead atoms. The van der Waals surface area contributed by atoms with E-state index in [9.17, 15) is 9.18 Å². The lowest BCUT2D eigenvalue weighted by Crippen LogP contribution is -2.27. The van der Waals surface area contributed by atoms with Crippen LogP contribution in [-0.2, 0) is 13.0 Å². The zero-order valence-corrected chi connectivity index (χ0v) is 15.2. The van der Waals surface area contributed by atoms with Crippen LogP contribution in [0.4, 0.5) is 10.2 Å². The summed E-state index contributed by atoms with van der Waals surface area (Å²) in [5.41, 5.74) is 1.78. The van der Waals surface area contributed by atoms with Gasteiger partial charge in [-0.25, -0.2) is 14.4 Å². The van der Waals surface area contributed by atoms with Crippen LogP contribution in [0, 0.1) is 5.82 Å². The van der Waals surface area contributed by atoms with Gasteiger partial charge in [0.25, 0.3) is 5.56 Å². The quantitative estimate of drug-likeness (QED) is 0.754. The maximum Gasteiger partial charge on any atom is 0.293 e. The highest BCUT2D eigenvalue weighted by Crippen LogP contribution is 2.38. The van der Waals surface area contributed by atoms with E-state index >= 15 is 0 Å². The minimum absolute atomic E-state index is 0.0305. The van der Waals surface area contributed by atoms with Gasteiger partial charge < -0.3 is 9.88 Å². The Morgan fingerprint density at radius 3 is 2.92 bits per heavy atom. The molecular weight excluding hydrogens is 351 g/mol. The van der Waals surface area contributed by atoms with Crippen LogP contribution >= 0.6 is 11.3 Å². The van der Waals surface area contributed by atoms with Gasteiger partial charge in [0.2, 0.25) is 0 Å². The largest absolute Gasteiger partial charge is 0.357 e. The van der Waals surface area contributed by atoms with E-state index in [4.69, 9.17) is 4.98 Å². The third kappa shape index (κ3) is 3.14. The molecule has 1 unspecified atom stereocenters. The van der Waals surface area contributed by atoms with Crippen LogP contribution in [0.5, 0.6) is 0 Å². The Morgan fingerprint density at radius 1 is 1.35 bits per heavy atom. The molecule has 0 spiro atoms. The van der Waals surface area contributed by atoms with Crippen LogP contribution in [0.3, 0.4) is 0 Å². The molecule has 1 aromatic carbocycles. The second kappa shape index (κ2) is 6.99. The second-order valence-corrected chi connectivity index (χ2v) is 7.37. The Balaban J connectivity index is 1.65. The molecule has 1 atom stereocenters. The minimum Gasteiger partial charge on any atom is -0.357 e. The summed E-state index contributed by atoms with van der Waals surface area (Å²) in [4.78, 5) is 22.7. The highest BCUT2D eigenvalue weighted by molar-refractivity contribution is 7.15. The van der Waals surface area contributed by atoms with Crippen LogP contribution < -0.4 is 10.9 Å². The van der Waals surface area contributed by atoms with Crippen molar-refractivity contribution in [3.05, 3.63) is 63.4 Å². The summed E-state index contributed by atoms with van der Waals surface area (Å²) < 4.78 is 14.8. The van der Waals surface area contributed by atoms with Crippen molar-refractivity contribution < 1.29 is 4.39 Å². The molecule has 0 fully saturated rings. The van der Waals surface area contributed by atoms with Gasteiger partial charge in [0.1, 0.15) is 10.8 Å². The molecular formula is C19H19FN4OS. The summed E-state index contributed by atoms with van der Waals surface area (Å²) in [5, 5.41) is 4.18. The molecule has 5 nitrogen and oxygen atoms in total. The summed E-state index contributed by atoms with van der Waals surface area (Å²) in [6.45, 7) is 2.54. The monoisotopic (exact) mass is 370 g/mol. The topological polar surface area (TPSA) is 59.8 Å². The summed E-state index contributed by atoms with van der Waals surface area (Å²) in [5.74, 6) is 0.112. The summed E-state index contributed by atoms with van der Waals surface area (Å²) in [6.07, 6.45) is 6.25. The number of nitrogens with one attached hydrogen (secondary N) is 1. The molecule has 0 amide bonds. The molecule has 0 aliphatic heterocycles. The molecule has 0 saturated heterocycles. The molecule has 134 valence electrons. The van der Waals surface area contributed by atoms with E-state index in [0.717, 1.165) is 35.5 Å². The molecule has 26 heavy (non-hydrogen) atoms. The van der Waals surface area contributed by atoms with Crippen LogP contribution in [0.2, 0.25) is 0 Å². The lowest BCUT2D eigenvalue weighted by atomic mass is 9.97. The molecule has 4 rings (SSSR count). The van der Waals surface area contributed by atoms with E-state index in [1.54, 1.807) is 40.4 Å². The lowest BCUT2D eigenvalue weighted by Gasteiger charge is -2.22. The Morgan fingerprint density at radius 2 is 2.15 bits per heavy atom. The van der Waals surface area contributed by atoms with Gasteiger partial charge in [-0.3, -0.25) is 4.79 Å². The van der Waals surface area contributed by atoms with Gasteiger partial charge >= 0.3 is 0 Å². The number of nitrogens with zero attached hydrogens (tertiary/aromatic N) is 3. The molecule has 0 radical (unpaired) electrons. The smallest absolute Gasteiger partial charge is 0.293 e. The third-order valence-corrected chi connectivity index (χ3v) is 5.79. The molecule has 0 saturated carbocycles. The second-order valence-electron chi connectivity index (χ2n) is 6.29. The fourth-order valence-corrected chi connectivity index (χ4v) is 4.41. The highest BCUT2D eigenvalue weighted by atomic mass is 32.1. The van der Waals surface area contributed by atoms with E-state index < -0.39 is 0 Å². The number of aryl methyl sites for hydroxylation is 2. The molecule has 2 aromatic heterocycles. The molecule has 1 aliphatic carbocycles. The first-order valence-corrected chi connectivity index (χ1v) is 9.55. The molecule has 3 aromatic rings. The van der Waals surface area contributed by atoms with Crippen molar-refractivity contribution in [2.24, 2.45) is 0 Å². The Bertz CT molecular complexity index is 980. The first-order chi connectivity index (χ1) is 12.7. The maximum atomic E-state index is 13.2. The number of rotatable bonds is 4. The van der Waals surface area contributed by atoms with Crippen molar-refractivity contribution in [1.29, 1.82) is 0 Å². The van der Waals surface area contributed by atoms with Crippen molar-refractivity contribution in [2.75, 3.05) is 5.32 Å². The van der Waals surface area contributed by atoms with Gasteiger partial charge in [0, 0.05) is 29.4 Å². The number of hydrogen-bond acceptors (Lipinski definition) is 5. The fraction of sp³-hybridized carbons (Fsp3) is 0.316. The van der Waals surface area contributed by atoms with Gasteiger partial charge in [0.05, 0.1) is 11.7 Å². The number of benzene rings is 1. The number of halogens is 1. The van der Waals surface area contributed by atoms with Gasteiger partial charge in [0.15, 0.2) is 5.82 Å². The first kappa shape index (κ1) is 16.9. The van der Waals surface area contributed by atoms with Crippen LogP contribution in [0.15, 0.2) is 41.5 Å². The maximum absolute atomic E-state index is 13.2. The average molecular weight is 370 g/mol. The van der Waals surface area contributed by atoms with Crippen LogP contribution in [0.25, 0.3) is 10.6 Å². The zero-order valence-electron chi connectivity index (χ0n) is 14.4. The van der Waals surface area contributed by atoms with Crippen molar-refractivity contribution in [2.45, 2.75) is 38.8 Å². The fourth-order valence-electron chi connectivity index (χ4n) is 3.24. The van der Waals surface area contributed by atoms with Gasteiger partial charge in [-0.1, -0.05) is 0 Å². The molecule has 1 aliphatic rings. The molecule has 2 heterocycles. The Hall–Kier alpha value is -2.54. The minimum atomic E-state index is -0.253. The van der Waals surface area contributed by atoms with E-state index in [1.807, 2.05) is 6.92 Å². The lowest BCUT2D eigenvalue weighted by molar-refractivity contribution is 0.589. The SMILES string of the molecule is CCn1ccnc(NC2CCCc3sc(-c4ccc(F)cc4)nc32)c1=O. The van der Waals surface area contributed by atoms with Crippen molar-refractivity contribution in [1.82, 2.24) is 14.5 Å². The summed E-state index contributed by atoms with van der Waals surface area (Å²) in [7, 11) is 0. The summed E-state index contributed by atoms with van der Waals surface area (Å²) in [6, 6.07) is 6.37. The number of thiazole rings is 1. The number of aromatic nitrogens is 3. The number of anilines is 1. The number of fused-ring (bicyclic) bond motifs is 1.